The maximum atomic E-state index is 10.4. The van der Waals surface area contributed by atoms with E-state index in [4.69, 9.17) is 10.2 Å². The van der Waals surface area contributed by atoms with E-state index in [0.717, 1.165) is 0 Å². The van der Waals surface area contributed by atoms with E-state index in [0.29, 0.717) is 0 Å². The van der Waals surface area contributed by atoms with Gasteiger partial charge in [-0.2, -0.15) is 0 Å². The van der Waals surface area contributed by atoms with Crippen LogP contribution in [0.2, 0.25) is 0 Å². The fourth-order valence-electron chi connectivity index (χ4n) is 0.556. The molecule has 0 aromatic heterocycles. The van der Waals surface area contributed by atoms with Crippen LogP contribution in [-0.4, -0.2) is 52.8 Å². The van der Waals surface area contributed by atoms with E-state index in [2.05, 4.69) is 0 Å². The number of carbonyl (C=O) groups is 2. The Morgan fingerprint density at radius 2 is 1.40 bits per heavy atom. The third-order valence-corrected chi connectivity index (χ3v) is 3.36. The molecule has 0 saturated carbocycles. The van der Waals surface area contributed by atoms with Gasteiger partial charge >= 0.3 is 56.9 Å². The molecule has 5 nitrogen and oxygen atoms in total. The van der Waals surface area contributed by atoms with Crippen molar-refractivity contribution in [3.8, 4) is 0 Å². The van der Waals surface area contributed by atoms with Crippen LogP contribution >= 0.6 is 0 Å². The third kappa shape index (κ3) is 1.44. The Labute approximate surface area is 63.0 Å². The molecule has 0 aromatic rings. The number of aliphatic hydroxyl groups excluding tert-OH is 2. The number of hydrogen-bond acceptors (Lipinski definition) is 4. The van der Waals surface area contributed by atoms with Crippen molar-refractivity contribution in [2.75, 3.05) is 0 Å². The molecule has 0 aromatic carbocycles. The molecule has 58 valence electrons. The van der Waals surface area contributed by atoms with Crippen LogP contribution in [-0.2, 0) is 9.59 Å². The van der Waals surface area contributed by atoms with Crippen LogP contribution in [0.1, 0.15) is 0 Å². The summed E-state index contributed by atoms with van der Waals surface area (Å²) in [7, 11) is 0. The van der Waals surface area contributed by atoms with Crippen LogP contribution in [0.15, 0.2) is 0 Å². The standard InChI is InChI=1S/C4H5AsO4.H2O/c6-1-2(7)4(9)5-3(1)8;/h1-2,5-7H;1H2. The molecule has 0 amide bonds. The van der Waals surface area contributed by atoms with Gasteiger partial charge in [0.2, 0.25) is 0 Å². The zero-order chi connectivity index (χ0) is 7.02. The van der Waals surface area contributed by atoms with Crippen molar-refractivity contribution in [2.45, 2.75) is 12.2 Å². The van der Waals surface area contributed by atoms with Crippen molar-refractivity contribution < 1.29 is 25.3 Å². The molecular weight excluding hydrogens is 203 g/mol. The van der Waals surface area contributed by atoms with Crippen LogP contribution in [0.3, 0.4) is 0 Å². The van der Waals surface area contributed by atoms with Gasteiger partial charge in [-0.25, -0.2) is 0 Å². The summed E-state index contributed by atoms with van der Waals surface area (Å²) in [5.41, 5.74) is 0. The zero-order valence-electron chi connectivity index (χ0n) is 4.87. The SMILES string of the molecule is O.O=C1[AsH]C(=O)C(O)C1O. The average molecular weight is 210 g/mol. The molecule has 2 unspecified atom stereocenters. The first-order valence-electron chi connectivity index (χ1n) is 2.34. The molecule has 1 saturated heterocycles. The molecule has 0 spiro atoms. The van der Waals surface area contributed by atoms with Gasteiger partial charge in [0.1, 0.15) is 0 Å². The van der Waals surface area contributed by atoms with E-state index in [9.17, 15) is 9.59 Å². The van der Waals surface area contributed by atoms with Crippen molar-refractivity contribution in [3.05, 3.63) is 0 Å². The second-order valence-electron chi connectivity index (χ2n) is 1.74. The Balaban J connectivity index is 0.000000810. The van der Waals surface area contributed by atoms with E-state index >= 15 is 0 Å². The van der Waals surface area contributed by atoms with Gasteiger partial charge in [0.25, 0.3) is 0 Å². The van der Waals surface area contributed by atoms with Crippen LogP contribution in [0.4, 0.5) is 0 Å². The fourth-order valence-corrected chi connectivity index (χ4v) is 2.35. The Morgan fingerprint density at radius 1 is 1.10 bits per heavy atom. The molecule has 1 aliphatic rings. The van der Waals surface area contributed by atoms with Crippen LogP contribution in [0.25, 0.3) is 0 Å². The van der Waals surface area contributed by atoms with Gasteiger partial charge in [-0.3, -0.25) is 0 Å². The Morgan fingerprint density at radius 3 is 1.50 bits per heavy atom. The quantitative estimate of drug-likeness (QED) is 0.402. The first-order chi connectivity index (χ1) is 4.13. The molecule has 1 fully saturated rings. The Bertz CT molecular complexity index is 149. The summed E-state index contributed by atoms with van der Waals surface area (Å²) in [4.78, 5) is 20.8. The second-order valence-corrected chi connectivity index (χ2v) is 4.34. The molecule has 1 rings (SSSR count). The average Bonchev–Trinajstić information content (AvgIpc) is 1.98. The van der Waals surface area contributed by atoms with Gasteiger partial charge in [-0.1, -0.05) is 0 Å². The third-order valence-electron chi connectivity index (χ3n) is 1.08. The molecule has 4 N–H and O–H groups in total. The Kier molecular flexibility index (Phi) is 3.18. The van der Waals surface area contributed by atoms with Gasteiger partial charge in [-0.15, -0.1) is 0 Å². The first-order valence-corrected chi connectivity index (χ1v) is 4.43. The summed E-state index contributed by atoms with van der Waals surface area (Å²) in [6.45, 7) is 0. The number of aliphatic hydroxyl groups is 2. The van der Waals surface area contributed by atoms with Gasteiger partial charge in [0.15, 0.2) is 0 Å². The first kappa shape index (κ1) is 9.78. The fraction of sp³-hybridized carbons (Fsp3) is 0.500. The summed E-state index contributed by atoms with van der Waals surface area (Å²) < 4.78 is -0.931. The molecule has 0 radical (unpaired) electrons. The summed E-state index contributed by atoms with van der Waals surface area (Å²) >= 11 is -1.37. The van der Waals surface area contributed by atoms with E-state index in [1.54, 1.807) is 0 Å². The van der Waals surface area contributed by atoms with E-state index in [-0.39, 0.29) is 5.48 Å². The van der Waals surface area contributed by atoms with Crippen LogP contribution in [0.5, 0.6) is 0 Å². The predicted octanol–water partition coefficient (Wildman–Crippen LogP) is -3.61. The zero-order valence-corrected chi connectivity index (χ0v) is 6.96. The molecular formula is C4H7AsO5. The summed E-state index contributed by atoms with van der Waals surface area (Å²) in [6.07, 6.45) is -2.84. The molecule has 10 heavy (non-hydrogen) atoms. The van der Waals surface area contributed by atoms with Gasteiger partial charge in [0.05, 0.1) is 0 Å². The van der Waals surface area contributed by atoms with Gasteiger partial charge in [0, 0.05) is 0 Å². The van der Waals surface area contributed by atoms with E-state index < -0.39 is 37.1 Å². The van der Waals surface area contributed by atoms with Crippen LogP contribution in [0, 0.1) is 0 Å². The van der Waals surface area contributed by atoms with E-state index in [1.165, 1.54) is 0 Å². The minimum atomic E-state index is -1.42. The maximum absolute atomic E-state index is 10.4. The van der Waals surface area contributed by atoms with Crippen molar-refractivity contribution >= 4 is 24.9 Å². The molecule has 6 heteroatoms. The van der Waals surface area contributed by atoms with Crippen molar-refractivity contribution in [3.63, 3.8) is 0 Å². The van der Waals surface area contributed by atoms with Gasteiger partial charge < -0.3 is 5.48 Å². The molecule has 0 aliphatic carbocycles. The topological polar surface area (TPSA) is 106 Å². The molecule has 1 aliphatic heterocycles. The number of carbonyl (C=O) groups excluding carboxylic acids is 2. The van der Waals surface area contributed by atoms with Crippen molar-refractivity contribution in [2.24, 2.45) is 0 Å². The number of hydrogen-bond donors (Lipinski definition) is 2. The Hall–Kier alpha value is -0.222. The monoisotopic (exact) mass is 210 g/mol. The second kappa shape index (κ2) is 3.25. The molecule has 1 heterocycles. The molecule has 2 atom stereocenters. The van der Waals surface area contributed by atoms with Crippen molar-refractivity contribution in [1.29, 1.82) is 0 Å². The summed E-state index contributed by atoms with van der Waals surface area (Å²) in [5.74, 6) is 0. The molecule has 0 bridgehead atoms. The van der Waals surface area contributed by atoms with Gasteiger partial charge in [-0.05, 0) is 0 Å². The van der Waals surface area contributed by atoms with E-state index in [1.807, 2.05) is 0 Å². The predicted molar refractivity (Wildman–Crippen MR) is 32.8 cm³/mol. The van der Waals surface area contributed by atoms with Crippen molar-refractivity contribution in [1.82, 2.24) is 0 Å². The summed E-state index contributed by atoms with van der Waals surface area (Å²) in [5, 5.41) is 17.3. The number of rotatable bonds is 0. The van der Waals surface area contributed by atoms with Crippen LogP contribution < -0.4 is 0 Å². The normalized spacial score (nSPS) is 34.6. The minimum absolute atomic E-state index is 0. The summed E-state index contributed by atoms with van der Waals surface area (Å²) in [6, 6.07) is 0.